The highest BCUT2D eigenvalue weighted by Gasteiger charge is 2.12. The van der Waals surface area contributed by atoms with Crippen molar-refractivity contribution in [2.24, 2.45) is 0 Å². The molecule has 1 aromatic heterocycles. The second kappa shape index (κ2) is 10.8. The second-order valence-electron chi connectivity index (χ2n) is 5.91. The summed E-state index contributed by atoms with van der Waals surface area (Å²) in [5, 5.41) is 1.39. The predicted molar refractivity (Wildman–Crippen MR) is 102 cm³/mol. The maximum Gasteiger partial charge on any atom is 0.0945 e. The second-order valence-corrected chi connectivity index (χ2v) is 7.66. The monoisotopic (exact) mass is 350 g/mol. The van der Waals surface area contributed by atoms with Crippen LogP contribution >= 0.6 is 23.4 Å². The Kier molecular flexibility index (Phi) is 8.62. The molecule has 2 rings (SSSR count). The molecule has 4 heteroatoms. The Bertz CT molecular complexity index is 525. The average molecular weight is 351 g/mol. The maximum absolute atomic E-state index is 6.03. The van der Waals surface area contributed by atoms with Crippen LogP contribution in [0.4, 0.5) is 0 Å². The van der Waals surface area contributed by atoms with E-state index < -0.39 is 0 Å². The van der Waals surface area contributed by atoms with E-state index in [1.165, 1.54) is 49.8 Å². The van der Waals surface area contributed by atoms with Crippen LogP contribution in [0.3, 0.4) is 0 Å². The number of rotatable bonds is 11. The lowest BCUT2D eigenvalue weighted by molar-refractivity contribution is 0.603. The lowest BCUT2D eigenvalue weighted by atomic mass is 10.1. The van der Waals surface area contributed by atoms with E-state index in [1.54, 1.807) is 0 Å². The zero-order valence-corrected chi connectivity index (χ0v) is 15.5. The van der Waals surface area contributed by atoms with E-state index in [2.05, 4.69) is 40.4 Å². The molecule has 0 aliphatic carbocycles. The number of aryl methyl sites for hydroxylation is 1. The van der Waals surface area contributed by atoms with Gasteiger partial charge >= 0.3 is 0 Å². The molecule has 2 aromatic rings. The van der Waals surface area contributed by atoms with Gasteiger partial charge in [-0.2, -0.15) is 11.8 Å². The summed E-state index contributed by atoms with van der Waals surface area (Å²) in [6.07, 6.45) is 13.5. The fourth-order valence-electron chi connectivity index (χ4n) is 2.66. The summed E-state index contributed by atoms with van der Waals surface area (Å²) in [5.74, 6) is 1.25. The van der Waals surface area contributed by atoms with Gasteiger partial charge in [0.15, 0.2) is 0 Å². The summed E-state index contributed by atoms with van der Waals surface area (Å²) in [6, 6.07) is 8.39. The SMILES string of the molecule is CCCCCCSC(CCCn1ccnc1)c1ccc(Cl)cc1. The topological polar surface area (TPSA) is 17.8 Å². The summed E-state index contributed by atoms with van der Waals surface area (Å²) in [6.45, 7) is 3.31. The third-order valence-corrected chi connectivity index (χ3v) is 5.69. The Morgan fingerprint density at radius 3 is 2.65 bits per heavy atom. The van der Waals surface area contributed by atoms with E-state index in [-0.39, 0.29) is 0 Å². The first-order valence-corrected chi connectivity index (χ1v) is 10.0. The molecule has 0 N–H and O–H groups in total. The molecular weight excluding hydrogens is 324 g/mol. The summed E-state index contributed by atoms with van der Waals surface area (Å²) in [5.41, 5.74) is 1.40. The van der Waals surface area contributed by atoms with Crippen LogP contribution in [0.15, 0.2) is 43.0 Å². The number of nitrogens with zero attached hydrogens (tertiary/aromatic N) is 2. The standard InChI is InChI=1S/C19H27ClN2S/c1-2-3-4-5-15-23-19(17-8-10-18(20)11-9-17)7-6-13-22-14-12-21-16-22/h8-12,14,16,19H,2-7,13,15H2,1H3. The first-order valence-electron chi connectivity index (χ1n) is 8.62. The molecule has 126 valence electrons. The van der Waals surface area contributed by atoms with Crippen LogP contribution in [0.1, 0.15) is 56.3 Å². The molecule has 1 unspecified atom stereocenters. The molecule has 0 radical (unpaired) electrons. The zero-order valence-electron chi connectivity index (χ0n) is 14.0. The number of benzene rings is 1. The van der Waals surface area contributed by atoms with Crippen molar-refractivity contribution in [2.45, 2.75) is 57.2 Å². The summed E-state index contributed by atoms with van der Waals surface area (Å²) >= 11 is 8.13. The smallest absolute Gasteiger partial charge is 0.0945 e. The zero-order chi connectivity index (χ0) is 16.3. The van der Waals surface area contributed by atoms with Crippen molar-refractivity contribution >= 4 is 23.4 Å². The Balaban J connectivity index is 1.83. The number of thioether (sulfide) groups is 1. The highest BCUT2D eigenvalue weighted by molar-refractivity contribution is 7.99. The van der Waals surface area contributed by atoms with Crippen molar-refractivity contribution in [3.63, 3.8) is 0 Å². The number of hydrogen-bond donors (Lipinski definition) is 0. The molecule has 1 heterocycles. The number of imidazole rings is 1. The van der Waals surface area contributed by atoms with Crippen LogP contribution < -0.4 is 0 Å². The molecule has 0 aliphatic rings. The van der Waals surface area contributed by atoms with Crippen molar-refractivity contribution in [1.29, 1.82) is 0 Å². The van der Waals surface area contributed by atoms with Crippen molar-refractivity contribution in [1.82, 2.24) is 9.55 Å². The molecule has 0 saturated heterocycles. The van der Waals surface area contributed by atoms with Crippen molar-refractivity contribution in [2.75, 3.05) is 5.75 Å². The largest absolute Gasteiger partial charge is 0.337 e. The minimum Gasteiger partial charge on any atom is -0.337 e. The van der Waals surface area contributed by atoms with Gasteiger partial charge in [0, 0.05) is 29.2 Å². The Morgan fingerprint density at radius 1 is 1.13 bits per heavy atom. The van der Waals surface area contributed by atoms with E-state index in [9.17, 15) is 0 Å². The van der Waals surface area contributed by atoms with Crippen LogP contribution in [0.2, 0.25) is 5.02 Å². The van der Waals surface area contributed by atoms with Crippen LogP contribution in [0.25, 0.3) is 0 Å². The van der Waals surface area contributed by atoms with Crippen molar-refractivity contribution in [3.8, 4) is 0 Å². The predicted octanol–water partition coefficient (Wildman–Crippen LogP) is 6.37. The molecule has 0 fully saturated rings. The normalized spacial score (nSPS) is 12.4. The van der Waals surface area contributed by atoms with E-state index in [4.69, 9.17) is 11.6 Å². The quantitative estimate of drug-likeness (QED) is 0.438. The van der Waals surface area contributed by atoms with Crippen molar-refractivity contribution in [3.05, 3.63) is 53.6 Å². The number of aromatic nitrogens is 2. The lowest BCUT2D eigenvalue weighted by Crippen LogP contribution is -2.00. The molecule has 2 nitrogen and oxygen atoms in total. The number of hydrogen-bond acceptors (Lipinski definition) is 2. The molecule has 0 saturated carbocycles. The van der Waals surface area contributed by atoms with Gasteiger partial charge in [-0.25, -0.2) is 4.98 Å². The molecule has 1 aromatic carbocycles. The van der Waals surface area contributed by atoms with Crippen molar-refractivity contribution < 1.29 is 0 Å². The molecule has 23 heavy (non-hydrogen) atoms. The van der Waals surface area contributed by atoms with Crippen LogP contribution in [0.5, 0.6) is 0 Å². The highest BCUT2D eigenvalue weighted by atomic mass is 35.5. The number of halogens is 1. The van der Waals surface area contributed by atoms with Gasteiger partial charge in [0.25, 0.3) is 0 Å². The van der Waals surface area contributed by atoms with Gasteiger partial charge in [-0.1, -0.05) is 49.9 Å². The van der Waals surface area contributed by atoms with Gasteiger partial charge in [-0.15, -0.1) is 0 Å². The molecule has 0 bridgehead atoms. The average Bonchev–Trinajstić information content (AvgIpc) is 3.07. The Labute approximate surface area is 149 Å². The maximum atomic E-state index is 6.03. The van der Waals surface area contributed by atoms with E-state index in [1.807, 2.05) is 30.9 Å². The van der Waals surface area contributed by atoms with Crippen LogP contribution in [-0.4, -0.2) is 15.3 Å². The Morgan fingerprint density at radius 2 is 1.96 bits per heavy atom. The van der Waals surface area contributed by atoms with Gasteiger partial charge < -0.3 is 4.57 Å². The fraction of sp³-hybridized carbons (Fsp3) is 0.526. The summed E-state index contributed by atoms with van der Waals surface area (Å²) in [4.78, 5) is 4.11. The molecule has 0 amide bonds. The van der Waals surface area contributed by atoms with Crippen LogP contribution in [-0.2, 0) is 6.54 Å². The van der Waals surface area contributed by atoms with Gasteiger partial charge in [0.05, 0.1) is 6.33 Å². The van der Waals surface area contributed by atoms with E-state index in [0.29, 0.717) is 5.25 Å². The first kappa shape index (κ1) is 18.4. The lowest BCUT2D eigenvalue weighted by Gasteiger charge is -2.17. The third kappa shape index (κ3) is 7.01. The summed E-state index contributed by atoms with van der Waals surface area (Å²) in [7, 11) is 0. The Hall–Kier alpha value is -0.930. The molecule has 0 aliphatic heterocycles. The van der Waals surface area contributed by atoms with Gasteiger partial charge in [-0.05, 0) is 42.7 Å². The van der Waals surface area contributed by atoms with E-state index in [0.717, 1.165) is 11.6 Å². The summed E-state index contributed by atoms with van der Waals surface area (Å²) < 4.78 is 2.16. The highest BCUT2D eigenvalue weighted by Crippen LogP contribution is 2.34. The first-order chi connectivity index (χ1) is 11.3. The van der Waals surface area contributed by atoms with E-state index >= 15 is 0 Å². The minimum absolute atomic E-state index is 0.567. The molecular formula is C19H27ClN2S. The third-order valence-electron chi connectivity index (χ3n) is 4.00. The fourth-order valence-corrected chi connectivity index (χ4v) is 4.12. The molecule has 1 atom stereocenters. The van der Waals surface area contributed by atoms with Crippen LogP contribution in [0, 0.1) is 0 Å². The van der Waals surface area contributed by atoms with Gasteiger partial charge in [0.2, 0.25) is 0 Å². The van der Waals surface area contributed by atoms with Gasteiger partial charge in [0.1, 0.15) is 0 Å². The molecule has 0 spiro atoms. The van der Waals surface area contributed by atoms with Gasteiger partial charge in [-0.3, -0.25) is 0 Å². The minimum atomic E-state index is 0.567. The number of unbranched alkanes of at least 4 members (excludes halogenated alkanes) is 3.